The Labute approximate surface area is 82.1 Å². The molecule has 1 unspecified atom stereocenters. The summed E-state index contributed by atoms with van der Waals surface area (Å²) in [6, 6.07) is 4.79. The van der Waals surface area contributed by atoms with Crippen LogP contribution in [0.4, 0.5) is 10.1 Å². The molecule has 1 N–H and O–H groups in total. The summed E-state index contributed by atoms with van der Waals surface area (Å²) in [7, 11) is 0. The Bertz CT molecular complexity index is 376. The summed E-state index contributed by atoms with van der Waals surface area (Å²) in [6.07, 6.45) is 1.34. The maximum absolute atomic E-state index is 13.4. The minimum Gasteiger partial charge on any atom is -0.326 e. The monoisotopic (exact) mass is 193 g/mol. The summed E-state index contributed by atoms with van der Waals surface area (Å²) < 4.78 is 13.4. The van der Waals surface area contributed by atoms with Gasteiger partial charge in [0.05, 0.1) is 0 Å². The summed E-state index contributed by atoms with van der Waals surface area (Å²) in [5.41, 5.74) is 1.25. The highest BCUT2D eigenvalue weighted by atomic mass is 19.1. The molecular formula is C11H12FNO. The highest BCUT2D eigenvalue weighted by Gasteiger charge is 2.21. The van der Waals surface area contributed by atoms with Crippen LogP contribution in [0.5, 0.6) is 0 Å². The molecule has 1 aliphatic rings. The lowest BCUT2D eigenvalue weighted by molar-refractivity contribution is -0.119. The second-order valence-electron chi connectivity index (χ2n) is 3.69. The van der Waals surface area contributed by atoms with E-state index in [1.54, 1.807) is 12.1 Å². The molecule has 0 saturated heterocycles. The quantitative estimate of drug-likeness (QED) is 0.673. The van der Waals surface area contributed by atoms with Gasteiger partial charge in [0.15, 0.2) is 0 Å². The highest BCUT2D eigenvalue weighted by molar-refractivity contribution is 5.93. The predicted octanol–water partition coefficient (Wildman–Crippen LogP) is 2.35. The van der Waals surface area contributed by atoms with Gasteiger partial charge in [0, 0.05) is 17.2 Å². The smallest absolute Gasteiger partial charge is 0.227 e. The topological polar surface area (TPSA) is 29.1 Å². The van der Waals surface area contributed by atoms with Gasteiger partial charge in [-0.1, -0.05) is 13.0 Å². The molecule has 1 heterocycles. The molecule has 1 amide bonds. The first-order chi connectivity index (χ1) is 6.68. The average molecular weight is 193 g/mol. The number of carbonyl (C=O) groups is 1. The zero-order valence-electron chi connectivity index (χ0n) is 8.01. The Morgan fingerprint density at radius 2 is 2.29 bits per heavy atom. The minimum atomic E-state index is -0.225. The van der Waals surface area contributed by atoms with Crippen LogP contribution in [0.25, 0.3) is 0 Å². The number of hydrogen-bond donors (Lipinski definition) is 1. The van der Waals surface area contributed by atoms with E-state index in [1.165, 1.54) is 6.07 Å². The second kappa shape index (κ2) is 3.40. The lowest BCUT2D eigenvalue weighted by Gasteiger charge is -2.06. The van der Waals surface area contributed by atoms with Crippen LogP contribution in [0.15, 0.2) is 18.2 Å². The van der Waals surface area contributed by atoms with Crippen LogP contribution in [-0.2, 0) is 11.2 Å². The Morgan fingerprint density at radius 3 is 3.07 bits per heavy atom. The Balaban J connectivity index is 2.42. The number of fused-ring (bicyclic) bond motifs is 1. The van der Waals surface area contributed by atoms with Gasteiger partial charge in [-0.15, -0.1) is 0 Å². The van der Waals surface area contributed by atoms with Gasteiger partial charge in [0.1, 0.15) is 5.82 Å². The van der Waals surface area contributed by atoms with Gasteiger partial charge in [-0.05, 0) is 25.0 Å². The van der Waals surface area contributed by atoms with Crippen LogP contribution in [0.3, 0.4) is 0 Å². The molecule has 0 spiro atoms. The number of hydrogen-bond acceptors (Lipinski definition) is 1. The van der Waals surface area contributed by atoms with Crippen LogP contribution in [0.1, 0.15) is 18.9 Å². The first kappa shape index (κ1) is 9.19. The molecule has 0 fully saturated rings. The summed E-state index contributed by atoms with van der Waals surface area (Å²) >= 11 is 0. The van der Waals surface area contributed by atoms with E-state index in [-0.39, 0.29) is 17.6 Å². The molecular weight excluding hydrogens is 181 g/mol. The second-order valence-corrected chi connectivity index (χ2v) is 3.69. The molecule has 14 heavy (non-hydrogen) atoms. The van der Waals surface area contributed by atoms with Crippen LogP contribution < -0.4 is 5.32 Å². The number of anilines is 1. The van der Waals surface area contributed by atoms with E-state index in [9.17, 15) is 9.18 Å². The van der Waals surface area contributed by atoms with Crippen LogP contribution in [0.2, 0.25) is 0 Å². The SMILES string of the molecule is CC1CCc2c(F)cccc2NC1=O. The van der Waals surface area contributed by atoms with Crippen molar-refractivity contribution >= 4 is 11.6 Å². The molecule has 1 atom stereocenters. The summed E-state index contributed by atoms with van der Waals surface area (Å²) in [6.45, 7) is 1.86. The summed E-state index contributed by atoms with van der Waals surface area (Å²) in [5, 5.41) is 2.73. The molecule has 1 aromatic carbocycles. The maximum atomic E-state index is 13.4. The van der Waals surface area contributed by atoms with Crippen molar-refractivity contribution in [1.29, 1.82) is 0 Å². The van der Waals surface area contributed by atoms with E-state index in [0.29, 0.717) is 24.1 Å². The van der Waals surface area contributed by atoms with Gasteiger partial charge in [-0.2, -0.15) is 0 Å². The van der Waals surface area contributed by atoms with Gasteiger partial charge >= 0.3 is 0 Å². The van der Waals surface area contributed by atoms with Crippen molar-refractivity contribution in [2.75, 3.05) is 5.32 Å². The largest absolute Gasteiger partial charge is 0.326 e. The maximum Gasteiger partial charge on any atom is 0.227 e. The van der Waals surface area contributed by atoms with E-state index in [1.807, 2.05) is 6.92 Å². The van der Waals surface area contributed by atoms with E-state index in [2.05, 4.69) is 5.32 Å². The van der Waals surface area contributed by atoms with Crippen LogP contribution in [0, 0.1) is 11.7 Å². The van der Waals surface area contributed by atoms with Crippen molar-refractivity contribution in [3.63, 3.8) is 0 Å². The minimum absolute atomic E-state index is 0.0191. The molecule has 0 bridgehead atoms. The van der Waals surface area contributed by atoms with Crippen LogP contribution >= 0.6 is 0 Å². The zero-order valence-corrected chi connectivity index (χ0v) is 8.01. The number of halogens is 1. The lowest BCUT2D eigenvalue weighted by atomic mass is 10.0. The zero-order chi connectivity index (χ0) is 10.1. The molecule has 1 aromatic rings. The third kappa shape index (κ3) is 1.50. The summed E-state index contributed by atoms with van der Waals surface area (Å²) in [5.74, 6) is -0.284. The predicted molar refractivity (Wildman–Crippen MR) is 52.5 cm³/mol. The molecule has 1 aliphatic heterocycles. The molecule has 2 rings (SSSR count). The van der Waals surface area contributed by atoms with Gasteiger partial charge in [-0.3, -0.25) is 4.79 Å². The first-order valence-corrected chi connectivity index (χ1v) is 4.76. The molecule has 3 heteroatoms. The van der Waals surface area contributed by atoms with Gasteiger partial charge in [-0.25, -0.2) is 4.39 Å². The Hall–Kier alpha value is -1.38. The number of rotatable bonds is 0. The number of benzene rings is 1. The molecule has 2 nitrogen and oxygen atoms in total. The number of carbonyl (C=O) groups excluding carboxylic acids is 1. The third-order valence-electron chi connectivity index (χ3n) is 2.65. The van der Waals surface area contributed by atoms with Crippen LogP contribution in [-0.4, -0.2) is 5.91 Å². The van der Waals surface area contributed by atoms with Crippen molar-refractivity contribution in [2.24, 2.45) is 5.92 Å². The highest BCUT2D eigenvalue weighted by Crippen LogP contribution is 2.26. The fourth-order valence-corrected chi connectivity index (χ4v) is 1.68. The van der Waals surface area contributed by atoms with Crippen molar-refractivity contribution in [3.05, 3.63) is 29.6 Å². The normalized spacial score (nSPS) is 21.0. The fraction of sp³-hybridized carbons (Fsp3) is 0.364. The van der Waals surface area contributed by atoms with Crippen molar-refractivity contribution in [1.82, 2.24) is 0 Å². The Kier molecular flexibility index (Phi) is 2.23. The molecule has 0 radical (unpaired) electrons. The standard InChI is InChI=1S/C11H12FNO/c1-7-5-6-8-9(12)3-2-4-10(8)13-11(7)14/h2-4,7H,5-6H2,1H3,(H,13,14). The molecule has 0 aliphatic carbocycles. The first-order valence-electron chi connectivity index (χ1n) is 4.76. The fourth-order valence-electron chi connectivity index (χ4n) is 1.68. The summed E-state index contributed by atoms with van der Waals surface area (Å²) in [4.78, 5) is 11.5. The molecule has 74 valence electrons. The van der Waals surface area contributed by atoms with E-state index >= 15 is 0 Å². The lowest BCUT2D eigenvalue weighted by Crippen LogP contribution is -2.18. The average Bonchev–Trinajstić information content (AvgIpc) is 2.29. The molecule has 0 saturated carbocycles. The van der Waals surface area contributed by atoms with Crippen molar-refractivity contribution in [2.45, 2.75) is 19.8 Å². The third-order valence-corrected chi connectivity index (χ3v) is 2.65. The Morgan fingerprint density at radius 1 is 1.50 bits per heavy atom. The number of amides is 1. The van der Waals surface area contributed by atoms with Gasteiger partial charge in [0.2, 0.25) is 5.91 Å². The van der Waals surface area contributed by atoms with Gasteiger partial charge < -0.3 is 5.32 Å². The van der Waals surface area contributed by atoms with E-state index < -0.39 is 0 Å². The van der Waals surface area contributed by atoms with Gasteiger partial charge in [0.25, 0.3) is 0 Å². The van der Waals surface area contributed by atoms with E-state index in [4.69, 9.17) is 0 Å². The van der Waals surface area contributed by atoms with Crippen molar-refractivity contribution in [3.8, 4) is 0 Å². The van der Waals surface area contributed by atoms with E-state index in [0.717, 1.165) is 0 Å². The number of nitrogens with one attached hydrogen (secondary N) is 1. The molecule has 0 aromatic heterocycles. The van der Waals surface area contributed by atoms with Crippen molar-refractivity contribution < 1.29 is 9.18 Å².